The second-order valence-electron chi connectivity index (χ2n) is 0.911. The fourth-order valence-corrected chi connectivity index (χ4v) is 0.346. The van der Waals surface area contributed by atoms with Crippen LogP contribution in [0.2, 0.25) is 0 Å². The van der Waals surface area contributed by atoms with Crippen LogP contribution in [-0.4, -0.2) is 11.4 Å². The average molecular weight is 115 g/mol. The van der Waals surface area contributed by atoms with E-state index in [2.05, 4.69) is 0 Å². The van der Waals surface area contributed by atoms with Crippen LogP contribution in [0.5, 0.6) is 0 Å². The van der Waals surface area contributed by atoms with Crippen LogP contribution in [0.15, 0.2) is 0 Å². The van der Waals surface area contributed by atoms with Gasteiger partial charge in [0.25, 0.3) is 0 Å². The summed E-state index contributed by atoms with van der Waals surface area (Å²) in [4.78, 5) is 10.2. The van der Waals surface area contributed by atoms with Gasteiger partial charge in [0.1, 0.15) is 6.42 Å². The molecule has 0 rings (SSSR count). The molecule has 0 saturated carbocycles. The van der Waals surface area contributed by atoms with Crippen LogP contribution in [0.4, 0.5) is 0 Å². The lowest BCUT2D eigenvalue weighted by Crippen LogP contribution is -1.84. The quantitative estimate of drug-likeness (QED) is 0.507. The highest BCUT2D eigenvalue weighted by atomic mass is 32.2. The number of carbonyl (C=O) groups is 1. The lowest BCUT2D eigenvalue weighted by molar-refractivity contribution is -0.110. The van der Waals surface area contributed by atoms with Crippen LogP contribution in [0, 0.1) is 11.3 Å². The van der Waals surface area contributed by atoms with Crippen molar-refractivity contribution in [3.63, 3.8) is 0 Å². The summed E-state index contributed by atoms with van der Waals surface area (Å²) in [5.74, 6) is 0. The molecule has 0 bridgehead atoms. The highest BCUT2D eigenvalue weighted by Gasteiger charge is 1.92. The van der Waals surface area contributed by atoms with Gasteiger partial charge in [-0.15, -0.1) is 0 Å². The second kappa shape index (κ2) is 3.69. The Balaban J connectivity index is 3.23. The van der Waals surface area contributed by atoms with Gasteiger partial charge in [-0.3, -0.25) is 4.79 Å². The Labute approximate surface area is 46.5 Å². The predicted molar refractivity (Wildman–Crippen MR) is 28.8 cm³/mol. The molecule has 38 valence electrons. The molecular formula is C4H5NOS. The number of rotatable bonds is 1. The van der Waals surface area contributed by atoms with Crippen molar-refractivity contribution in [2.75, 3.05) is 6.26 Å². The van der Waals surface area contributed by atoms with Gasteiger partial charge in [0.05, 0.1) is 6.07 Å². The summed E-state index contributed by atoms with van der Waals surface area (Å²) >= 11 is 1.09. The molecule has 0 aromatic rings. The molecular weight excluding hydrogens is 110 g/mol. The molecule has 0 spiro atoms. The van der Waals surface area contributed by atoms with E-state index >= 15 is 0 Å². The first kappa shape index (κ1) is 6.51. The van der Waals surface area contributed by atoms with Crippen molar-refractivity contribution >= 4 is 16.9 Å². The molecule has 0 aromatic carbocycles. The SMILES string of the molecule is CSC(=O)CC#N. The van der Waals surface area contributed by atoms with Crippen LogP contribution in [0.3, 0.4) is 0 Å². The molecule has 0 saturated heterocycles. The third kappa shape index (κ3) is 3.34. The summed E-state index contributed by atoms with van der Waals surface area (Å²) in [7, 11) is 0. The lowest BCUT2D eigenvalue weighted by atomic mass is 10.5. The Bertz CT molecular complexity index is 105. The lowest BCUT2D eigenvalue weighted by Gasteiger charge is -1.79. The molecule has 0 aliphatic rings. The molecule has 3 heteroatoms. The van der Waals surface area contributed by atoms with Crippen molar-refractivity contribution in [2.24, 2.45) is 0 Å². The topological polar surface area (TPSA) is 40.9 Å². The molecule has 0 unspecified atom stereocenters. The monoisotopic (exact) mass is 115 g/mol. The van der Waals surface area contributed by atoms with Gasteiger partial charge in [0.15, 0.2) is 0 Å². The van der Waals surface area contributed by atoms with Crippen LogP contribution in [-0.2, 0) is 4.79 Å². The Hall–Kier alpha value is -0.490. The van der Waals surface area contributed by atoms with Gasteiger partial charge in [-0.2, -0.15) is 5.26 Å². The number of thioether (sulfide) groups is 1. The van der Waals surface area contributed by atoms with Gasteiger partial charge < -0.3 is 0 Å². The van der Waals surface area contributed by atoms with Crippen molar-refractivity contribution in [3.05, 3.63) is 0 Å². The zero-order valence-electron chi connectivity index (χ0n) is 3.97. The number of nitriles is 1. The van der Waals surface area contributed by atoms with Gasteiger partial charge in [0, 0.05) is 0 Å². The molecule has 0 aliphatic carbocycles. The molecule has 0 heterocycles. The van der Waals surface area contributed by atoms with E-state index in [1.165, 1.54) is 0 Å². The van der Waals surface area contributed by atoms with Crippen molar-refractivity contribution in [1.82, 2.24) is 0 Å². The summed E-state index contributed by atoms with van der Waals surface area (Å²) < 4.78 is 0. The number of hydrogen-bond donors (Lipinski definition) is 0. The summed E-state index contributed by atoms with van der Waals surface area (Å²) in [5, 5.41) is 7.82. The van der Waals surface area contributed by atoms with Crippen LogP contribution >= 0.6 is 11.8 Å². The van der Waals surface area contributed by atoms with Crippen LogP contribution in [0.25, 0.3) is 0 Å². The minimum Gasteiger partial charge on any atom is -0.286 e. The molecule has 0 radical (unpaired) electrons. The fourth-order valence-electron chi connectivity index (χ4n) is 0.137. The van der Waals surface area contributed by atoms with Gasteiger partial charge in [0.2, 0.25) is 5.12 Å². The molecule has 2 nitrogen and oxygen atoms in total. The molecule has 0 amide bonds. The van der Waals surface area contributed by atoms with Gasteiger partial charge in [-0.25, -0.2) is 0 Å². The first-order chi connectivity index (χ1) is 3.31. The largest absolute Gasteiger partial charge is 0.286 e. The van der Waals surface area contributed by atoms with Crippen molar-refractivity contribution in [3.8, 4) is 6.07 Å². The Morgan fingerprint density at radius 2 is 2.57 bits per heavy atom. The maximum atomic E-state index is 10.2. The number of nitrogens with zero attached hydrogens (tertiary/aromatic N) is 1. The Morgan fingerprint density at radius 1 is 2.00 bits per heavy atom. The minimum atomic E-state index is -0.0671. The molecule has 0 aliphatic heterocycles. The van der Waals surface area contributed by atoms with E-state index in [4.69, 9.17) is 5.26 Å². The molecule has 0 atom stereocenters. The molecule has 7 heavy (non-hydrogen) atoms. The van der Waals surface area contributed by atoms with E-state index in [-0.39, 0.29) is 11.5 Å². The maximum absolute atomic E-state index is 10.2. The minimum absolute atomic E-state index is 0.0289. The summed E-state index contributed by atoms with van der Waals surface area (Å²) in [6, 6.07) is 1.75. The second-order valence-corrected chi connectivity index (χ2v) is 1.77. The van der Waals surface area contributed by atoms with Gasteiger partial charge >= 0.3 is 0 Å². The Morgan fingerprint density at radius 3 is 2.71 bits per heavy atom. The smallest absolute Gasteiger partial charge is 0.202 e. The van der Waals surface area contributed by atoms with Crippen molar-refractivity contribution < 1.29 is 4.79 Å². The van der Waals surface area contributed by atoms with E-state index in [1.807, 2.05) is 0 Å². The summed E-state index contributed by atoms with van der Waals surface area (Å²) in [6.07, 6.45) is 1.70. The Kier molecular flexibility index (Phi) is 3.43. The fraction of sp³-hybridized carbons (Fsp3) is 0.500. The highest BCUT2D eigenvalue weighted by Crippen LogP contribution is 1.95. The van der Waals surface area contributed by atoms with E-state index < -0.39 is 0 Å². The third-order valence-corrected chi connectivity index (χ3v) is 1.05. The van der Waals surface area contributed by atoms with Crippen molar-refractivity contribution in [2.45, 2.75) is 6.42 Å². The number of hydrogen-bond acceptors (Lipinski definition) is 3. The van der Waals surface area contributed by atoms with Gasteiger partial charge in [-0.05, 0) is 6.26 Å². The maximum Gasteiger partial charge on any atom is 0.202 e. The third-order valence-electron chi connectivity index (χ3n) is 0.451. The average Bonchev–Trinajstić information content (AvgIpc) is 1.68. The van der Waals surface area contributed by atoms with Crippen LogP contribution in [0.1, 0.15) is 6.42 Å². The van der Waals surface area contributed by atoms with E-state index in [0.29, 0.717) is 0 Å². The normalized spacial score (nSPS) is 7.43. The predicted octanol–water partition coefficient (Wildman–Crippen LogP) is 0.790. The molecule has 0 aromatic heterocycles. The first-order valence-electron chi connectivity index (χ1n) is 1.75. The van der Waals surface area contributed by atoms with E-state index in [1.54, 1.807) is 12.3 Å². The zero-order valence-corrected chi connectivity index (χ0v) is 4.79. The standard InChI is InChI=1S/C4H5NOS/c1-7-4(6)2-3-5/h2H2,1H3. The van der Waals surface area contributed by atoms with E-state index in [9.17, 15) is 4.79 Å². The molecule has 0 N–H and O–H groups in total. The van der Waals surface area contributed by atoms with Crippen LogP contribution < -0.4 is 0 Å². The van der Waals surface area contributed by atoms with Crippen molar-refractivity contribution in [1.29, 1.82) is 5.26 Å². The summed E-state index contributed by atoms with van der Waals surface area (Å²) in [5.41, 5.74) is 0. The first-order valence-corrected chi connectivity index (χ1v) is 2.97. The van der Waals surface area contributed by atoms with Gasteiger partial charge in [-0.1, -0.05) is 11.8 Å². The van der Waals surface area contributed by atoms with E-state index in [0.717, 1.165) is 11.8 Å². The number of carbonyl (C=O) groups excluding carboxylic acids is 1. The molecule has 0 fully saturated rings. The zero-order chi connectivity index (χ0) is 5.70. The highest BCUT2D eigenvalue weighted by molar-refractivity contribution is 8.13. The summed E-state index contributed by atoms with van der Waals surface area (Å²) in [6.45, 7) is 0.